The van der Waals surface area contributed by atoms with Crippen LogP contribution in [0.25, 0.3) is 16.9 Å². The first kappa shape index (κ1) is 21.1. The summed E-state index contributed by atoms with van der Waals surface area (Å²) < 4.78 is 4.29. The summed E-state index contributed by atoms with van der Waals surface area (Å²) in [4.78, 5) is 31.0. The summed E-state index contributed by atoms with van der Waals surface area (Å²) >= 11 is 0. The third-order valence-electron chi connectivity index (χ3n) is 5.51. The molecule has 32 heavy (non-hydrogen) atoms. The van der Waals surface area contributed by atoms with Crippen molar-refractivity contribution >= 4 is 11.2 Å². The maximum atomic E-state index is 13.3. The van der Waals surface area contributed by atoms with Crippen molar-refractivity contribution in [3.63, 3.8) is 0 Å². The van der Waals surface area contributed by atoms with Crippen LogP contribution in [0, 0.1) is 11.3 Å². The zero-order valence-corrected chi connectivity index (χ0v) is 18.0. The molecule has 160 valence electrons. The number of nitriles is 1. The molecule has 0 saturated heterocycles. The lowest BCUT2D eigenvalue weighted by Crippen LogP contribution is -2.39. The van der Waals surface area contributed by atoms with Crippen molar-refractivity contribution in [2.75, 3.05) is 0 Å². The van der Waals surface area contributed by atoms with E-state index in [1.165, 1.54) is 17.0 Å². The summed E-state index contributed by atoms with van der Waals surface area (Å²) in [6.45, 7) is 8.26. The third kappa shape index (κ3) is 3.56. The first-order chi connectivity index (χ1) is 15.5. The molecule has 0 fully saturated rings. The maximum Gasteiger partial charge on any atom is 0.337 e. The van der Waals surface area contributed by atoms with E-state index >= 15 is 0 Å². The molecule has 0 aliphatic rings. The molecule has 2 heterocycles. The highest BCUT2D eigenvalue weighted by Crippen LogP contribution is 2.19. The minimum Gasteiger partial charge on any atom is -0.320 e. The molecule has 0 bridgehead atoms. The standard InChI is InChI=1S/C25H23N5O2/c1-4-13-29-24(31)22-23(27-16-28(22)15-20-8-6-5-7-19(20)14-26)30(25(29)32)21-11-9-18(10-12-21)17(2)3/h4-12,16-17H,1,13,15H2,2-3H3. The van der Waals surface area contributed by atoms with Gasteiger partial charge in [-0.25, -0.2) is 14.3 Å². The molecule has 0 saturated carbocycles. The van der Waals surface area contributed by atoms with Gasteiger partial charge in [0.25, 0.3) is 5.56 Å². The van der Waals surface area contributed by atoms with Crippen molar-refractivity contribution < 1.29 is 0 Å². The van der Waals surface area contributed by atoms with Crippen LogP contribution < -0.4 is 11.2 Å². The van der Waals surface area contributed by atoms with Crippen LogP contribution in [0.2, 0.25) is 0 Å². The minimum absolute atomic E-state index is 0.0810. The van der Waals surface area contributed by atoms with E-state index in [2.05, 4.69) is 31.5 Å². The van der Waals surface area contributed by atoms with Crippen molar-refractivity contribution in [1.82, 2.24) is 18.7 Å². The number of rotatable bonds is 6. The molecule has 0 N–H and O–H groups in total. The van der Waals surface area contributed by atoms with E-state index in [1.54, 1.807) is 16.7 Å². The van der Waals surface area contributed by atoms with Gasteiger partial charge in [0.1, 0.15) is 0 Å². The first-order valence-electron chi connectivity index (χ1n) is 10.4. The van der Waals surface area contributed by atoms with Crippen molar-refractivity contribution in [3.8, 4) is 11.8 Å². The fourth-order valence-corrected chi connectivity index (χ4v) is 3.78. The molecule has 0 aliphatic carbocycles. The monoisotopic (exact) mass is 425 g/mol. The zero-order chi connectivity index (χ0) is 22.8. The Morgan fingerprint density at radius 3 is 2.50 bits per heavy atom. The molecule has 4 aromatic rings. The Morgan fingerprint density at radius 1 is 1.12 bits per heavy atom. The van der Waals surface area contributed by atoms with Crippen LogP contribution >= 0.6 is 0 Å². The molecule has 4 rings (SSSR count). The molecule has 0 spiro atoms. The normalized spacial score (nSPS) is 11.1. The van der Waals surface area contributed by atoms with E-state index in [-0.39, 0.29) is 18.7 Å². The van der Waals surface area contributed by atoms with E-state index < -0.39 is 11.2 Å². The van der Waals surface area contributed by atoms with Gasteiger partial charge in [0, 0.05) is 6.54 Å². The van der Waals surface area contributed by atoms with Gasteiger partial charge in [0.05, 0.1) is 30.2 Å². The highest BCUT2D eigenvalue weighted by atomic mass is 16.2. The van der Waals surface area contributed by atoms with Crippen LogP contribution in [-0.2, 0) is 13.1 Å². The summed E-state index contributed by atoms with van der Waals surface area (Å²) in [6, 6.07) is 17.1. The Morgan fingerprint density at radius 2 is 1.84 bits per heavy atom. The fraction of sp³-hybridized carbons (Fsp3) is 0.200. The predicted octanol–water partition coefficient (Wildman–Crippen LogP) is 3.58. The molecule has 7 nitrogen and oxygen atoms in total. The number of nitrogens with zero attached hydrogens (tertiary/aromatic N) is 5. The molecular formula is C25H23N5O2. The van der Waals surface area contributed by atoms with Gasteiger partial charge in [-0.2, -0.15) is 5.26 Å². The van der Waals surface area contributed by atoms with Crippen LogP contribution in [0.15, 0.2) is 77.1 Å². The van der Waals surface area contributed by atoms with E-state index in [0.29, 0.717) is 22.7 Å². The lowest BCUT2D eigenvalue weighted by atomic mass is 10.0. The fourth-order valence-electron chi connectivity index (χ4n) is 3.78. The lowest BCUT2D eigenvalue weighted by molar-refractivity contribution is 0.689. The topological polar surface area (TPSA) is 85.6 Å². The van der Waals surface area contributed by atoms with Gasteiger partial charge in [-0.15, -0.1) is 6.58 Å². The summed E-state index contributed by atoms with van der Waals surface area (Å²) in [5, 5.41) is 9.42. The number of hydrogen-bond donors (Lipinski definition) is 0. The van der Waals surface area contributed by atoms with Crippen LogP contribution in [0.3, 0.4) is 0 Å². The van der Waals surface area contributed by atoms with Crippen molar-refractivity contribution in [2.45, 2.75) is 32.9 Å². The number of fused-ring (bicyclic) bond motifs is 1. The Bertz CT molecular complexity index is 1460. The smallest absolute Gasteiger partial charge is 0.320 e. The van der Waals surface area contributed by atoms with Gasteiger partial charge < -0.3 is 4.57 Å². The Balaban J connectivity index is 1.97. The average Bonchev–Trinajstić information content (AvgIpc) is 3.20. The molecule has 0 amide bonds. The molecule has 0 atom stereocenters. The van der Waals surface area contributed by atoms with Crippen molar-refractivity contribution in [1.29, 1.82) is 5.26 Å². The van der Waals surface area contributed by atoms with Gasteiger partial charge >= 0.3 is 5.69 Å². The summed E-state index contributed by atoms with van der Waals surface area (Å²) in [7, 11) is 0. The number of imidazole rings is 1. The molecule has 7 heteroatoms. The Hall–Kier alpha value is -4.18. The second-order valence-corrected chi connectivity index (χ2v) is 7.88. The summed E-state index contributed by atoms with van der Waals surface area (Å²) in [5.74, 6) is 0.356. The second-order valence-electron chi connectivity index (χ2n) is 7.88. The number of aromatic nitrogens is 4. The third-order valence-corrected chi connectivity index (χ3v) is 5.51. The van der Waals surface area contributed by atoms with E-state index in [9.17, 15) is 14.9 Å². The van der Waals surface area contributed by atoms with Gasteiger partial charge in [-0.05, 0) is 35.2 Å². The molecule has 0 aliphatic heterocycles. The molecule has 2 aromatic heterocycles. The van der Waals surface area contributed by atoms with Crippen LogP contribution in [-0.4, -0.2) is 18.7 Å². The van der Waals surface area contributed by atoms with E-state index in [1.807, 2.05) is 36.4 Å². The minimum atomic E-state index is -0.470. The lowest BCUT2D eigenvalue weighted by Gasteiger charge is -2.13. The molecule has 0 radical (unpaired) electrons. The largest absolute Gasteiger partial charge is 0.337 e. The summed E-state index contributed by atoms with van der Waals surface area (Å²) in [5.41, 5.74) is 2.75. The zero-order valence-electron chi connectivity index (χ0n) is 18.0. The second kappa shape index (κ2) is 8.52. The van der Waals surface area contributed by atoms with Crippen LogP contribution in [0.4, 0.5) is 0 Å². The Labute approximate surface area is 185 Å². The van der Waals surface area contributed by atoms with Crippen LogP contribution in [0.1, 0.15) is 36.5 Å². The average molecular weight is 425 g/mol. The predicted molar refractivity (Wildman–Crippen MR) is 124 cm³/mol. The number of benzene rings is 2. The summed E-state index contributed by atoms with van der Waals surface area (Å²) in [6.07, 6.45) is 3.06. The highest BCUT2D eigenvalue weighted by Gasteiger charge is 2.19. The van der Waals surface area contributed by atoms with Crippen molar-refractivity contribution in [3.05, 3.63) is 105 Å². The highest BCUT2D eigenvalue weighted by molar-refractivity contribution is 5.72. The first-order valence-corrected chi connectivity index (χ1v) is 10.4. The van der Waals surface area contributed by atoms with E-state index in [0.717, 1.165) is 15.7 Å². The molecule has 2 aromatic carbocycles. The van der Waals surface area contributed by atoms with Crippen LogP contribution in [0.5, 0.6) is 0 Å². The van der Waals surface area contributed by atoms with Gasteiger partial charge in [-0.3, -0.25) is 9.36 Å². The van der Waals surface area contributed by atoms with E-state index in [4.69, 9.17) is 0 Å². The SMILES string of the molecule is C=CCn1c(=O)c2c(ncn2Cc2ccccc2C#N)n(-c2ccc(C(C)C)cc2)c1=O. The van der Waals surface area contributed by atoms with Gasteiger partial charge in [-0.1, -0.05) is 50.3 Å². The van der Waals surface area contributed by atoms with Gasteiger partial charge in [0.15, 0.2) is 11.2 Å². The number of allylic oxidation sites excluding steroid dienone is 1. The molecule has 0 unspecified atom stereocenters. The Kier molecular flexibility index (Phi) is 5.61. The molecular weight excluding hydrogens is 402 g/mol. The quantitative estimate of drug-likeness (QED) is 0.442. The van der Waals surface area contributed by atoms with Crippen molar-refractivity contribution in [2.24, 2.45) is 0 Å². The number of hydrogen-bond acceptors (Lipinski definition) is 4. The van der Waals surface area contributed by atoms with Gasteiger partial charge in [0.2, 0.25) is 0 Å². The maximum absolute atomic E-state index is 13.3.